The number of nitrogens with one attached hydrogen (secondary N) is 5. The molecule has 2 rings (SSSR count). The number of ether oxygens (including phenoxy) is 1. The molecule has 1 heterocycles. The Morgan fingerprint density at radius 1 is 0.849 bits per heavy atom. The number of phenols is 1. The fraction of sp³-hybridized carbons (Fsp3) is 0.650. The molecular formula is C40H63N5O8. The summed E-state index contributed by atoms with van der Waals surface area (Å²) in [6.45, 7) is 18.4. The molecule has 0 aliphatic carbocycles. The van der Waals surface area contributed by atoms with Crippen molar-refractivity contribution in [1.82, 2.24) is 26.6 Å². The third-order valence-electron chi connectivity index (χ3n) is 9.49. The quantitative estimate of drug-likeness (QED) is 0.129. The summed E-state index contributed by atoms with van der Waals surface area (Å²) in [6.07, 6.45) is 4.03. The number of hydrogen-bond donors (Lipinski definition) is 6. The molecule has 1 aromatic rings. The first-order valence-corrected chi connectivity index (χ1v) is 19.0. The van der Waals surface area contributed by atoms with E-state index in [4.69, 9.17) is 4.74 Å². The van der Waals surface area contributed by atoms with Gasteiger partial charge in [-0.2, -0.15) is 0 Å². The maximum Gasteiger partial charge on any atom is 0.354 e. The second-order valence-corrected chi connectivity index (χ2v) is 15.5. The number of allylic oxidation sites excluding steroid dienone is 1. The first-order chi connectivity index (χ1) is 24.9. The van der Waals surface area contributed by atoms with Crippen LogP contribution in [0.3, 0.4) is 0 Å². The van der Waals surface area contributed by atoms with Gasteiger partial charge in [-0.05, 0) is 74.5 Å². The topological polar surface area (TPSA) is 192 Å². The standard InChI is InChI=1S/C40H63N5O8/c1-11-13-24(7)19-25(8)20-26(9)35(47)45-34-27(10)53-40(52)30(12-2)41-36(48)32(21-28-14-16-29(46)17-15-28)43-38(50)33(23(5)6)44-37(49)31(18-22(3)4)42-39(34)51/h12,14-17,22-27,31-34,46H,11,13,18-21H2,1-10H3,(H,41,48)(H,42,51)(H,43,50)(H,44,49)(H,45,47)/b30-12-/t24?,25?,26?,27-,31-,32+,33-,34-/m1/s1. The largest absolute Gasteiger partial charge is 0.508 e. The van der Waals surface area contributed by atoms with E-state index < -0.39 is 77.6 Å². The summed E-state index contributed by atoms with van der Waals surface area (Å²) >= 11 is 0. The van der Waals surface area contributed by atoms with Crippen LogP contribution in [0.4, 0.5) is 0 Å². The van der Waals surface area contributed by atoms with Crippen LogP contribution in [0.25, 0.3) is 0 Å². The Kier molecular flexibility index (Phi) is 18.0. The highest BCUT2D eigenvalue weighted by molar-refractivity contribution is 5.99. The summed E-state index contributed by atoms with van der Waals surface area (Å²) in [6, 6.07) is 1.31. The van der Waals surface area contributed by atoms with Crippen molar-refractivity contribution >= 4 is 35.5 Å². The van der Waals surface area contributed by atoms with Gasteiger partial charge in [-0.25, -0.2) is 4.79 Å². The maximum atomic E-state index is 14.0. The van der Waals surface area contributed by atoms with Gasteiger partial charge >= 0.3 is 5.97 Å². The summed E-state index contributed by atoms with van der Waals surface area (Å²) in [4.78, 5) is 82.4. The van der Waals surface area contributed by atoms with Crippen LogP contribution >= 0.6 is 0 Å². The number of phenolic OH excluding ortho intramolecular Hbond substituents is 1. The van der Waals surface area contributed by atoms with E-state index in [9.17, 15) is 33.9 Å². The first kappa shape index (κ1) is 44.7. The van der Waals surface area contributed by atoms with Gasteiger partial charge < -0.3 is 36.4 Å². The lowest BCUT2D eigenvalue weighted by Crippen LogP contribution is -2.61. The summed E-state index contributed by atoms with van der Waals surface area (Å²) in [7, 11) is 0. The van der Waals surface area contributed by atoms with Crippen molar-refractivity contribution in [3.05, 3.63) is 41.6 Å². The maximum absolute atomic E-state index is 14.0. The van der Waals surface area contributed by atoms with Crippen LogP contribution in [-0.4, -0.2) is 70.9 Å². The van der Waals surface area contributed by atoms with Gasteiger partial charge in [0.25, 0.3) is 0 Å². The van der Waals surface area contributed by atoms with Crippen LogP contribution < -0.4 is 26.6 Å². The molecule has 1 aromatic carbocycles. The molecule has 0 aromatic heterocycles. The minimum atomic E-state index is -1.39. The van der Waals surface area contributed by atoms with Gasteiger partial charge in [0.05, 0.1) is 0 Å². The van der Waals surface area contributed by atoms with Gasteiger partial charge in [-0.15, -0.1) is 0 Å². The smallest absolute Gasteiger partial charge is 0.354 e. The molecule has 6 N–H and O–H groups in total. The van der Waals surface area contributed by atoms with E-state index in [2.05, 4.69) is 47.4 Å². The van der Waals surface area contributed by atoms with Crippen molar-refractivity contribution in [3.8, 4) is 5.75 Å². The van der Waals surface area contributed by atoms with Crippen LogP contribution in [0.15, 0.2) is 36.0 Å². The number of carbonyl (C=O) groups excluding carboxylic acids is 6. The number of amides is 5. The van der Waals surface area contributed by atoms with Crippen LogP contribution in [0.5, 0.6) is 5.75 Å². The predicted octanol–water partition coefficient (Wildman–Crippen LogP) is 4.03. The van der Waals surface area contributed by atoms with Crippen LogP contribution in [0, 0.1) is 29.6 Å². The molecule has 0 bridgehead atoms. The minimum absolute atomic E-state index is 0.00643. The van der Waals surface area contributed by atoms with Gasteiger partial charge in [0.1, 0.15) is 41.7 Å². The molecule has 1 fully saturated rings. The van der Waals surface area contributed by atoms with Crippen molar-refractivity contribution in [3.63, 3.8) is 0 Å². The molecule has 296 valence electrons. The molecule has 0 spiro atoms. The zero-order valence-corrected chi connectivity index (χ0v) is 33.2. The number of cyclic esters (lactones) is 1. The third kappa shape index (κ3) is 14.5. The van der Waals surface area contributed by atoms with Crippen molar-refractivity contribution in [2.75, 3.05) is 0 Å². The molecule has 13 nitrogen and oxygen atoms in total. The van der Waals surface area contributed by atoms with Gasteiger partial charge in [0.15, 0.2) is 0 Å². The highest BCUT2D eigenvalue weighted by atomic mass is 16.5. The minimum Gasteiger partial charge on any atom is -0.508 e. The van der Waals surface area contributed by atoms with Gasteiger partial charge in [-0.1, -0.05) is 86.4 Å². The lowest BCUT2D eigenvalue weighted by Gasteiger charge is -2.31. The molecule has 53 heavy (non-hydrogen) atoms. The summed E-state index contributed by atoms with van der Waals surface area (Å²) in [5, 5.41) is 23.3. The molecule has 3 unspecified atom stereocenters. The average Bonchev–Trinajstić information content (AvgIpc) is 3.07. The SMILES string of the molecule is C/C=C1\NC(=O)[C@H](Cc2ccc(O)cc2)NC(=O)[C@@H](C(C)C)NC(=O)[C@@H](CC(C)C)NC(=O)[C@H](NC(=O)C(C)CC(C)CC(C)CCC)[C@@H](C)OC1=O. The van der Waals surface area contributed by atoms with Crippen molar-refractivity contribution < 1.29 is 38.6 Å². The Morgan fingerprint density at radius 2 is 1.47 bits per heavy atom. The normalized spacial score (nSPS) is 24.8. The highest BCUT2D eigenvalue weighted by Gasteiger charge is 2.37. The molecule has 1 aliphatic rings. The number of carbonyl (C=O) groups is 6. The van der Waals surface area contributed by atoms with Crippen molar-refractivity contribution in [1.29, 1.82) is 0 Å². The predicted molar refractivity (Wildman–Crippen MR) is 203 cm³/mol. The van der Waals surface area contributed by atoms with E-state index in [1.165, 1.54) is 32.1 Å². The Morgan fingerprint density at radius 3 is 2.04 bits per heavy atom. The van der Waals surface area contributed by atoms with Crippen LogP contribution in [0.1, 0.15) is 107 Å². The zero-order valence-electron chi connectivity index (χ0n) is 33.2. The lowest BCUT2D eigenvalue weighted by molar-refractivity contribution is -0.150. The molecule has 13 heteroatoms. The molecule has 0 saturated carbocycles. The molecule has 1 aliphatic heterocycles. The molecule has 8 atom stereocenters. The van der Waals surface area contributed by atoms with Crippen LogP contribution in [0.2, 0.25) is 0 Å². The van der Waals surface area contributed by atoms with Gasteiger partial charge in [-0.3, -0.25) is 24.0 Å². The number of benzene rings is 1. The Hall–Kier alpha value is -4.42. The lowest BCUT2D eigenvalue weighted by atomic mass is 9.87. The second kappa shape index (κ2) is 21.3. The number of rotatable bonds is 13. The second-order valence-electron chi connectivity index (χ2n) is 15.5. The van der Waals surface area contributed by atoms with Gasteiger partial charge in [0, 0.05) is 12.3 Å². The monoisotopic (exact) mass is 741 g/mol. The van der Waals surface area contributed by atoms with E-state index in [1.807, 2.05) is 13.8 Å². The van der Waals surface area contributed by atoms with Gasteiger partial charge in [0.2, 0.25) is 29.5 Å². The van der Waals surface area contributed by atoms with Crippen molar-refractivity contribution in [2.24, 2.45) is 29.6 Å². The zero-order chi connectivity index (χ0) is 40.0. The highest BCUT2D eigenvalue weighted by Crippen LogP contribution is 2.23. The van der Waals surface area contributed by atoms with E-state index in [1.54, 1.807) is 32.9 Å². The summed E-state index contributed by atoms with van der Waals surface area (Å²) in [5.41, 5.74) is 0.373. The Labute approximate surface area is 315 Å². The summed E-state index contributed by atoms with van der Waals surface area (Å²) in [5.74, 6) is -4.28. The third-order valence-corrected chi connectivity index (χ3v) is 9.49. The Balaban J connectivity index is 2.54. The van der Waals surface area contributed by atoms with E-state index >= 15 is 0 Å². The molecule has 0 radical (unpaired) electrons. The average molecular weight is 742 g/mol. The first-order valence-electron chi connectivity index (χ1n) is 19.0. The Bertz CT molecular complexity index is 1440. The van der Waals surface area contributed by atoms with E-state index in [-0.39, 0.29) is 36.1 Å². The van der Waals surface area contributed by atoms with Crippen molar-refractivity contribution in [2.45, 2.75) is 138 Å². The molecular weight excluding hydrogens is 678 g/mol. The molecule has 5 amide bonds. The van der Waals surface area contributed by atoms with E-state index in [0.29, 0.717) is 17.9 Å². The fourth-order valence-electron chi connectivity index (χ4n) is 6.65. The number of aromatic hydroxyl groups is 1. The molecule has 1 saturated heterocycles. The van der Waals surface area contributed by atoms with Crippen LogP contribution in [-0.2, 0) is 39.9 Å². The summed E-state index contributed by atoms with van der Waals surface area (Å²) < 4.78 is 5.69. The number of hydrogen-bond acceptors (Lipinski definition) is 8. The fourth-order valence-corrected chi connectivity index (χ4v) is 6.65. The van der Waals surface area contributed by atoms with E-state index in [0.717, 1.165) is 19.3 Å². The number of esters is 1.